The lowest BCUT2D eigenvalue weighted by Gasteiger charge is -2.34. The highest BCUT2D eigenvalue weighted by Gasteiger charge is 2.22. The van der Waals surface area contributed by atoms with Crippen LogP contribution in [0.2, 0.25) is 0 Å². The Bertz CT molecular complexity index is 745. The van der Waals surface area contributed by atoms with E-state index in [9.17, 15) is 9.59 Å². The average Bonchev–Trinajstić information content (AvgIpc) is 3.25. The van der Waals surface area contributed by atoms with Gasteiger partial charge in [-0.05, 0) is 13.0 Å². The summed E-state index contributed by atoms with van der Waals surface area (Å²) < 4.78 is 3.28. The Morgan fingerprint density at radius 2 is 1.96 bits per heavy atom. The summed E-state index contributed by atoms with van der Waals surface area (Å²) in [5.74, 6) is -1.13. The minimum absolute atomic E-state index is 0.0431. The molecule has 0 unspecified atom stereocenters. The summed E-state index contributed by atoms with van der Waals surface area (Å²) in [6.45, 7) is 6.76. The fourth-order valence-electron chi connectivity index (χ4n) is 2.88. The van der Waals surface area contributed by atoms with Crippen LogP contribution in [0.5, 0.6) is 0 Å². The number of carbonyl (C=O) groups excluding carboxylic acids is 1. The third-order valence-electron chi connectivity index (χ3n) is 4.30. The van der Waals surface area contributed by atoms with Crippen molar-refractivity contribution in [2.24, 2.45) is 0 Å². The first-order chi connectivity index (χ1) is 12.0. The van der Waals surface area contributed by atoms with Crippen molar-refractivity contribution >= 4 is 11.9 Å². The number of hydrogen-bond donors (Lipinski definition) is 1. The lowest BCUT2D eigenvalue weighted by atomic mass is 10.2. The maximum atomic E-state index is 12.3. The first-order valence-electron chi connectivity index (χ1n) is 8.33. The van der Waals surface area contributed by atoms with Gasteiger partial charge in [0.15, 0.2) is 5.69 Å². The number of hydrogen-bond acceptors (Lipinski definition) is 5. The minimum Gasteiger partial charge on any atom is -0.476 e. The predicted octanol–water partition coefficient (Wildman–Crippen LogP) is 0.142. The molecule has 3 rings (SSSR count). The maximum absolute atomic E-state index is 12.3. The molecule has 0 bridgehead atoms. The number of piperazine rings is 1. The second kappa shape index (κ2) is 7.47. The van der Waals surface area contributed by atoms with E-state index in [0.29, 0.717) is 13.1 Å². The number of carboxylic acids is 1. The number of rotatable bonds is 6. The predicted molar refractivity (Wildman–Crippen MR) is 88.9 cm³/mol. The van der Waals surface area contributed by atoms with Crippen LogP contribution in [-0.2, 0) is 24.4 Å². The van der Waals surface area contributed by atoms with Crippen molar-refractivity contribution in [3.8, 4) is 0 Å². The van der Waals surface area contributed by atoms with Crippen LogP contribution in [0.15, 0.2) is 24.7 Å². The second-order valence-corrected chi connectivity index (χ2v) is 6.06. The third kappa shape index (κ3) is 4.24. The molecule has 2 aromatic heterocycles. The second-order valence-electron chi connectivity index (χ2n) is 6.06. The summed E-state index contributed by atoms with van der Waals surface area (Å²) in [6.07, 6.45) is 5.46. The van der Waals surface area contributed by atoms with E-state index in [-0.39, 0.29) is 18.1 Å². The Kier molecular flexibility index (Phi) is 5.13. The van der Waals surface area contributed by atoms with E-state index in [1.807, 2.05) is 10.9 Å². The molecule has 1 N–H and O–H groups in total. The van der Waals surface area contributed by atoms with Gasteiger partial charge in [-0.1, -0.05) is 0 Å². The molecular formula is C16H22N6O3. The zero-order valence-electron chi connectivity index (χ0n) is 14.2. The number of carbonyl (C=O) groups is 2. The topological polar surface area (TPSA) is 96.5 Å². The zero-order chi connectivity index (χ0) is 17.8. The SMILES string of the molecule is CCn1cc(CN2CCN(C(=O)Cn3ccc(C(=O)O)n3)CC2)cn1. The first-order valence-corrected chi connectivity index (χ1v) is 8.33. The van der Waals surface area contributed by atoms with Gasteiger partial charge in [-0.15, -0.1) is 0 Å². The molecule has 0 atom stereocenters. The molecule has 1 fully saturated rings. The maximum Gasteiger partial charge on any atom is 0.356 e. The summed E-state index contributed by atoms with van der Waals surface area (Å²) in [5.41, 5.74) is 1.13. The van der Waals surface area contributed by atoms with Gasteiger partial charge in [-0.2, -0.15) is 10.2 Å². The van der Waals surface area contributed by atoms with Gasteiger partial charge in [0.1, 0.15) is 6.54 Å². The van der Waals surface area contributed by atoms with Crippen LogP contribution < -0.4 is 0 Å². The fourth-order valence-corrected chi connectivity index (χ4v) is 2.88. The van der Waals surface area contributed by atoms with Crippen LogP contribution in [0.25, 0.3) is 0 Å². The highest BCUT2D eigenvalue weighted by molar-refractivity contribution is 5.85. The molecule has 1 saturated heterocycles. The normalized spacial score (nSPS) is 15.5. The van der Waals surface area contributed by atoms with Crippen LogP contribution in [0.4, 0.5) is 0 Å². The molecule has 0 saturated carbocycles. The minimum atomic E-state index is -1.09. The average molecular weight is 346 g/mol. The highest BCUT2D eigenvalue weighted by atomic mass is 16.4. The molecule has 0 aliphatic carbocycles. The molecule has 1 aliphatic heterocycles. The van der Waals surface area contributed by atoms with E-state index >= 15 is 0 Å². The Balaban J connectivity index is 1.47. The first kappa shape index (κ1) is 17.2. The van der Waals surface area contributed by atoms with Crippen molar-refractivity contribution in [1.29, 1.82) is 0 Å². The Labute approximate surface area is 145 Å². The number of carboxylic acid groups (broad SMARTS) is 1. The standard InChI is InChI=1S/C16H22N6O3/c1-2-21-11-13(9-17-21)10-19-5-7-20(8-6-19)15(23)12-22-4-3-14(18-22)16(24)25/h3-4,9,11H,2,5-8,10,12H2,1H3,(H,24,25). The van der Waals surface area contributed by atoms with E-state index < -0.39 is 5.97 Å². The number of nitrogens with zero attached hydrogens (tertiary/aromatic N) is 6. The number of aryl methyl sites for hydroxylation is 1. The molecule has 134 valence electrons. The van der Waals surface area contributed by atoms with Crippen LogP contribution in [-0.4, -0.2) is 72.5 Å². The molecule has 1 amide bonds. The van der Waals surface area contributed by atoms with Gasteiger partial charge in [0.2, 0.25) is 5.91 Å². The summed E-state index contributed by atoms with van der Waals surface area (Å²) in [6, 6.07) is 1.39. The number of amides is 1. The molecule has 25 heavy (non-hydrogen) atoms. The summed E-state index contributed by atoms with van der Waals surface area (Å²) in [4.78, 5) is 27.3. The van der Waals surface area contributed by atoms with Gasteiger partial charge < -0.3 is 10.0 Å². The van der Waals surface area contributed by atoms with E-state index in [4.69, 9.17) is 5.11 Å². The van der Waals surface area contributed by atoms with Gasteiger partial charge in [0.05, 0.1) is 6.20 Å². The molecular weight excluding hydrogens is 324 g/mol. The van der Waals surface area contributed by atoms with Crippen LogP contribution in [0.1, 0.15) is 23.0 Å². The largest absolute Gasteiger partial charge is 0.476 e. The van der Waals surface area contributed by atoms with Gasteiger partial charge in [0, 0.05) is 57.2 Å². The van der Waals surface area contributed by atoms with E-state index in [0.717, 1.165) is 26.2 Å². The van der Waals surface area contributed by atoms with Crippen molar-refractivity contribution in [2.75, 3.05) is 26.2 Å². The van der Waals surface area contributed by atoms with E-state index in [2.05, 4.69) is 28.2 Å². The zero-order valence-corrected chi connectivity index (χ0v) is 14.2. The van der Waals surface area contributed by atoms with Gasteiger partial charge in [-0.3, -0.25) is 19.1 Å². The van der Waals surface area contributed by atoms with Crippen molar-refractivity contribution in [2.45, 2.75) is 26.6 Å². The molecule has 0 aromatic carbocycles. The molecule has 9 nitrogen and oxygen atoms in total. The van der Waals surface area contributed by atoms with Crippen LogP contribution in [0, 0.1) is 0 Å². The Morgan fingerprint density at radius 3 is 2.56 bits per heavy atom. The van der Waals surface area contributed by atoms with Crippen molar-refractivity contribution < 1.29 is 14.7 Å². The third-order valence-corrected chi connectivity index (χ3v) is 4.30. The molecule has 2 aromatic rings. The quantitative estimate of drug-likeness (QED) is 0.799. The number of aromatic carboxylic acids is 1. The van der Waals surface area contributed by atoms with Gasteiger partial charge in [0.25, 0.3) is 0 Å². The smallest absolute Gasteiger partial charge is 0.356 e. The van der Waals surface area contributed by atoms with E-state index in [1.54, 1.807) is 4.90 Å². The monoisotopic (exact) mass is 346 g/mol. The fraction of sp³-hybridized carbons (Fsp3) is 0.500. The molecule has 0 spiro atoms. The molecule has 0 radical (unpaired) electrons. The lowest BCUT2D eigenvalue weighted by molar-refractivity contribution is -0.133. The van der Waals surface area contributed by atoms with E-state index in [1.165, 1.54) is 22.5 Å². The number of aromatic nitrogens is 4. The summed E-state index contributed by atoms with van der Waals surface area (Å²) in [7, 11) is 0. The van der Waals surface area contributed by atoms with Gasteiger partial charge in [-0.25, -0.2) is 4.79 Å². The van der Waals surface area contributed by atoms with Crippen LogP contribution >= 0.6 is 0 Å². The summed E-state index contributed by atoms with van der Waals surface area (Å²) >= 11 is 0. The summed E-state index contributed by atoms with van der Waals surface area (Å²) in [5, 5.41) is 17.0. The van der Waals surface area contributed by atoms with Crippen molar-refractivity contribution in [3.63, 3.8) is 0 Å². The Morgan fingerprint density at radius 1 is 1.20 bits per heavy atom. The molecule has 1 aliphatic rings. The Hall–Kier alpha value is -2.68. The highest BCUT2D eigenvalue weighted by Crippen LogP contribution is 2.09. The van der Waals surface area contributed by atoms with Crippen molar-refractivity contribution in [1.82, 2.24) is 29.4 Å². The van der Waals surface area contributed by atoms with Crippen LogP contribution in [0.3, 0.4) is 0 Å². The lowest BCUT2D eigenvalue weighted by Crippen LogP contribution is -2.49. The molecule has 3 heterocycles. The van der Waals surface area contributed by atoms with Gasteiger partial charge >= 0.3 is 5.97 Å². The molecule has 9 heteroatoms. The van der Waals surface area contributed by atoms with Crippen molar-refractivity contribution in [3.05, 3.63) is 35.9 Å².